The third-order valence-corrected chi connectivity index (χ3v) is 2.91. The molecule has 21 heavy (non-hydrogen) atoms. The highest BCUT2D eigenvalue weighted by atomic mass is 16.6. The summed E-state index contributed by atoms with van der Waals surface area (Å²) >= 11 is 0. The Morgan fingerprint density at radius 3 is 2.57 bits per heavy atom. The largest absolute Gasteiger partial charge is 0.381 e. The standard InChI is InChI=1S/C14H16N4O3/c1-10-5-11(2)7-12(6-10)16-14(19)3-4-17-8-13(15-9-17)18(20)21/h5-9H,3-4H2,1-2H3,(H,16,19). The van der Waals surface area contributed by atoms with Crippen LogP contribution in [0.15, 0.2) is 30.7 Å². The number of nitrogens with one attached hydrogen (secondary N) is 1. The van der Waals surface area contributed by atoms with Crippen LogP contribution in [-0.2, 0) is 11.3 Å². The average molecular weight is 288 g/mol. The third-order valence-electron chi connectivity index (χ3n) is 2.91. The highest BCUT2D eigenvalue weighted by Gasteiger charge is 2.10. The fraction of sp³-hybridized carbons (Fsp3) is 0.286. The maximum Gasteiger partial charge on any atom is 0.381 e. The summed E-state index contributed by atoms with van der Waals surface area (Å²) in [6.07, 6.45) is 2.88. The molecule has 1 aromatic heterocycles. The number of hydrogen-bond donors (Lipinski definition) is 1. The fourth-order valence-electron chi connectivity index (χ4n) is 2.07. The van der Waals surface area contributed by atoms with Crippen molar-refractivity contribution in [3.63, 3.8) is 0 Å². The van der Waals surface area contributed by atoms with Gasteiger partial charge >= 0.3 is 5.82 Å². The Hall–Kier alpha value is -2.70. The highest BCUT2D eigenvalue weighted by Crippen LogP contribution is 2.14. The van der Waals surface area contributed by atoms with Crippen LogP contribution in [0.3, 0.4) is 0 Å². The van der Waals surface area contributed by atoms with E-state index < -0.39 is 4.92 Å². The van der Waals surface area contributed by atoms with E-state index in [0.29, 0.717) is 6.54 Å². The Morgan fingerprint density at radius 1 is 1.33 bits per heavy atom. The van der Waals surface area contributed by atoms with E-state index in [4.69, 9.17) is 0 Å². The Morgan fingerprint density at radius 2 is 2.00 bits per heavy atom. The van der Waals surface area contributed by atoms with Gasteiger partial charge in [0.15, 0.2) is 0 Å². The van der Waals surface area contributed by atoms with E-state index in [2.05, 4.69) is 10.3 Å². The quantitative estimate of drug-likeness (QED) is 0.675. The highest BCUT2D eigenvalue weighted by molar-refractivity contribution is 5.90. The van der Waals surface area contributed by atoms with Gasteiger partial charge in [-0.25, -0.2) is 0 Å². The summed E-state index contributed by atoms with van der Waals surface area (Å²) in [7, 11) is 0. The summed E-state index contributed by atoms with van der Waals surface area (Å²) in [6, 6.07) is 5.82. The first-order valence-electron chi connectivity index (χ1n) is 6.48. The molecule has 0 bridgehead atoms. The summed E-state index contributed by atoms with van der Waals surface area (Å²) in [5, 5.41) is 13.3. The van der Waals surface area contributed by atoms with E-state index in [1.54, 1.807) is 0 Å². The lowest BCUT2D eigenvalue weighted by Gasteiger charge is -2.07. The molecule has 7 heteroatoms. The number of carbonyl (C=O) groups excluding carboxylic acids is 1. The SMILES string of the molecule is Cc1cc(C)cc(NC(=O)CCn2cnc([N+](=O)[O-])c2)c1. The fourth-order valence-corrected chi connectivity index (χ4v) is 2.07. The molecule has 0 unspecified atom stereocenters. The van der Waals surface area contributed by atoms with Gasteiger partial charge in [-0.1, -0.05) is 6.07 Å². The van der Waals surface area contributed by atoms with Gasteiger partial charge in [0.2, 0.25) is 12.2 Å². The van der Waals surface area contributed by atoms with Crippen LogP contribution >= 0.6 is 0 Å². The molecule has 0 aliphatic carbocycles. The predicted molar refractivity (Wildman–Crippen MR) is 78.0 cm³/mol. The van der Waals surface area contributed by atoms with Crippen LogP contribution in [0.4, 0.5) is 11.5 Å². The molecule has 7 nitrogen and oxygen atoms in total. The second-order valence-electron chi connectivity index (χ2n) is 4.90. The third kappa shape index (κ3) is 4.13. The zero-order valence-corrected chi connectivity index (χ0v) is 11.9. The number of amides is 1. The minimum absolute atomic E-state index is 0.142. The van der Waals surface area contributed by atoms with Gasteiger partial charge in [0, 0.05) is 18.7 Å². The topological polar surface area (TPSA) is 90.1 Å². The van der Waals surface area contributed by atoms with Gasteiger partial charge < -0.3 is 20.0 Å². The molecule has 0 aliphatic rings. The van der Waals surface area contributed by atoms with E-state index >= 15 is 0 Å². The molecule has 1 aromatic carbocycles. The van der Waals surface area contributed by atoms with Gasteiger partial charge in [-0.05, 0) is 47.0 Å². The Bertz CT molecular complexity index is 658. The number of benzene rings is 1. The molecule has 0 saturated carbocycles. The molecule has 110 valence electrons. The number of imidazole rings is 1. The van der Waals surface area contributed by atoms with Crippen LogP contribution in [0.25, 0.3) is 0 Å². The molecule has 0 fully saturated rings. The zero-order chi connectivity index (χ0) is 15.4. The smallest absolute Gasteiger partial charge is 0.358 e. The molecule has 0 saturated heterocycles. The van der Waals surface area contributed by atoms with Crippen molar-refractivity contribution in [3.8, 4) is 0 Å². The summed E-state index contributed by atoms with van der Waals surface area (Å²) in [6.45, 7) is 4.28. The zero-order valence-electron chi connectivity index (χ0n) is 11.9. The molecular weight excluding hydrogens is 272 g/mol. The number of nitro groups is 1. The molecule has 1 heterocycles. The van der Waals surface area contributed by atoms with E-state index in [9.17, 15) is 14.9 Å². The minimum Gasteiger partial charge on any atom is -0.358 e. The molecule has 2 rings (SSSR count). The van der Waals surface area contributed by atoms with Gasteiger partial charge in [0.1, 0.15) is 6.20 Å². The number of aryl methyl sites for hydroxylation is 3. The van der Waals surface area contributed by atoms with Crippen molar-refractivity contribution in [1.29, 1.82) is 0 Å². The van der Waals surface area contributed by atoms with Crippen molar-refractivity contribution in [2.75, 3.05) is 5.32 Å². The van der Waals surface area contributed by atoms with Crippen molar-refractivity contribution in [2.24, 2.45) is 0 Å². The lowest BCUT2D eigenvalue weighted by molar-refractivity contribution is -0.389. The number of nitrogens with zero attached hydrogens (tertiary/aromatic N) is 3. The van der Waals surface area contributed by atoms with Crippen molar-refractivity contribution in [3.05, 3.63) is 52.0 Å². The lowest BCUT2D eigenvalue weighted by atomic mass is 10.1. The van der Waals surface area contributed by atoms with Crippen LogP contribution in [-0.4, -0.2) is 20.4 Å². The molecule has 1 N–H and O–H groups in total. The van der Waals surface area contributed by atoms with Crippen LogP contribution < -0.4 is 5.32 Å². The first kappa shape index (κ1) is 14.7. The van der Waals surface area contributed by atoms with Crippen molar-refractivity contribution in [2.45, 2.75) is 26.8 Å². The van der Waals surface area contributed by atoms with Crippen LogP contribution in [0.5, 0.6) is 0 Å². The van der Waals surface area contributed by atoms with Gasteiger partial charge in [-0.15, -0.1) is 0 Å². The summed E-state index contributed by atoms with van der Waals surface area (Å²) in [4.78, 5) is 25.4. The first-order valence-corrected chi connectivity index (χ1v) is 6.48. The summed E-state index contributed by atoms with van der Waals surface area (Å²) < 4.78 is 1.53. The van der Waals surface area contributed by atoms with Crippen LogP contribution in [0.2, 0.25) is 0 Å². The van der Waals surface area contributed by atoms with Crippen molar-refractivity contribution >= 4 is 17.4 Å². The molecule has 1 amide bonds. The van der Waals surface area contributed by atoms with Crippen LogP contribution in [0, 0.1) is 24.0 Å². The maximum atomic E-state index is 11.9. The van der Waals surface area contributed by atoms with Gasteiger partial charge in [0.25, 0.3) is 0 Å². The number of hydrogen-bond acceptors (Lipinski definition) is 4. The van der Waals surface area contributed by atoms with Gasteiger partial charge in [-0.2, -0.15) is 0 Å². The van der Waals surface area contributed by atoms with E-state index in [-0.39, 0.29) is 18.1 Å². The second-order valence-corrected chi connectivity index (χ2v) is 4.90. The molecule has 0 radical (unpaired) electrons. The number of rotatable bonds is 5. The Kier molecular flexibility index (Phi) is 4.32. The molecule has 0 atom stereocenters. The Balaban J connectivity index is 1.90. The van der Waals surface area contributed by atoms with E-state index in [1.807, 2.05) is 32.0 Å². The monoisotopic (exact) mass is 288 g/mol. The average Bonchev–Trinajstić information content (AvgIpc) is 2.84. The van der Waals surface area contributed by atoms with E-state index in [0.717, 1.165) is 16.8 Å². The molecular formula is C14H16N4O3. The number of anilines is 1. The normalized spacial score (nSPS) is 10.4. The lowest BCUT2D eigenvalue weighted by Crippen LogP contribution is -2.14. The maximum absolute atomic E-state index is 11.9. The first-order chi connectivity index (χ1) is 9.94. The van der Waals surface area contributed by atoms with Gasteiger partial charge in [0.05, 0.1) is 0 Å². The number of aromatic nitrogens is 2. The summed E-state index contributed by atoms with van der Waals surface area (Å²) in [5.41, 5.74) is 2.92. The minimum atomic E-state index is -0.563. The molecule has 0 spiro atoms. The van der Waals surface area contributed by atoms with Gasteiger partial charge in [-0.3, -0.25) is 4.79 Å². The molecule has 2 aromatic rings. The second kappa shape index (κ2) is 6.17. The van der Waals surface area contributed by atoms with Crippen molar-refractivity contribution < 1.29 is 9.72 Å². The predicted octanol–water partition coefficient (Wildman–Crippen LogP) is 2.44. The van der Waals surface area contributed by atoms with Crippen molar-refractivity contribution in [1.82, 2.24) is 9.55 Å². The van der Waals surface area contributed by atoms with Crippen LogP contribution in [0.1, 0.15) is 17.5 Å². The Labute approximate surface area is 121 Å². The molecule has 0 aliphatic heterocycles. The number of carbonyl (C=O) groups is 1. The van der Waals surface area contributed by atoms with E-state index in [1.165, 1.54) is 17.1 Å². The summed E-state index contributed by atoms with van der Waals surface area (Å²) in [5.74, 6) is -0.360.